The van der Waals surface area contributed by atoms with Gasteiger partial charge in [-0.2, -0.15) is 5.43 Å². The predicted octanol–water partition coefficient (Wildman–Crippen LogP) is 1.66. The zero-order chi connectivity index (χ0) is 19.7. The first-order chi connectivity index (χ1) is 13.5. The number of amides is 4. The lowest BCUT2D eigenvalue weighted by Gasteiger charge is -2.29. The molecule has 2 N–H and O–H groups in total. The van der Waals surface area contributed by atoms with Gasteiger partial charge >= 0.3 is 6.03 Å². The number of nitrogens with zero attached hydrogens (tertiary/aromatic N) is 3. The number of rotatable bonds is 4. The van der Waals surface area contributed by atoms with E-state index in [0.717, 1.165) is 30.7 Å². The molecule has 1 aromatic rings. The van der Waals surface area contributed by atoms with E-state index < -0.39 is 23.9 Å². The third kappa shape index (κ3) is 3.57. The second kappa shape index (κ2) is 7.59. The summed E-state index contributed by atoms with van der Waals surface area (Å²) in [6.45, 7) is -0.177. The molecule has 4 rings (SSSR count). The van der Waals surface area contributed by atoms with Gasteiger partial charge in [-0.15, -0.1) is 0 Å². The fourth-order valence-corrected chi connectivity index (χ4v) is 3.80. The molecular formula is C19H22FN5O3. The zero-order valence-electron chi connectivity index (χ0n) is 15.3. The normalized spacial score (nSPS) is 22.6. The maximum absolute atomic E-state index is 13.5. The molecule has 1 aromatic carbocycles. The van der Waals surface area contributed by atoms with Crippen molar-refractivity contribution in [3.05, 3.63) is 42.5 Å². The first kappa shape index (κ1) is 18.4. The van der Waals surface area contributed by atoms with Crippen molar-refractivity contribution in [1.29, 1.82) is 0 Å². The van der Waals surface area contributed by atoms with Gasteiger partial charge in [0, 0.05) is 18.4 Å². The Kier molecular flexibility index (Phi) is 4.99. The second-order valence-corrected chi connectivity index (χ2v) is 7.20. The van der Waals surface area contributed by atoms with Crippen LogP contribution in [0.15, 0.2) is 36.7 Å². The second-order valence-electron chi connectivity index (χ2n) is 7.20. The van der Waals surface area contributed by atoms with Gasteiger partial charge < -0.3 is 5.32 Å². The number of urea groups is 1. The fraction of sp³-hybridized carbons (Fsp3) is 0.421. The molecule has 2 aliphatic heterocycles. The number of hydrogen-bond donors (Lipinski definition) is 2. The fourth-order valence-electron chi connectivity index (χ4n) is 3.80. The molecule has 2 heterocycles. The molecule has 0 aromatic heterocycles. The molecule has 1 saturated heterocycles. The van der Waals surface area contributed by atoms with E-state index >= 15 is 0 Å². The minimum absolute atomic E-state index is 0.145. The van der Waals surface area contributed by atoms with Crippen LogP contribution >= 0.6 is 0 Å². The van der Waals surface area contributed by atoms with E-state index in [1.165, 1.54) is 46.8 Å². The summed E-state index contributed by atoms with van der Waals surface area (Å²) in [5.74, 6) is -1.15. The molecule has 8 nitrogen and oxygen atoms in total. The molecule has 2 fully saturated rings. The summed E-state index contributed by atoms with van der Waals surface area (Å²) < 4.78 is 13.5. The van der Waals surface area contributed by atoms with Crippen molar-refractivity contribution < 1.29 is 18.8 Å². The Hall–Kier alpha value is -2.94. The molecule has 148 valence electrons. The van der Waals surface area contributed by atoms with Crippen LogP contribution in [0.3, 0.4) is 0 Å². The summed E-state index contributed by atoms with van der Waals surface area (Å²) in [7, 11) is 0. The number of anilines is 1. The lowest BCUT2D eigenvalue weighted by atomic mass is 9.95. The van der Waals surface area contributed by atoms with E-state index in [1.54, 1.807) is 6.07 Å². The Morgan fingerprint density at radius 2 is 1.96 bits per heavy atom. The van der Waals surface area contributed by atoms with Crippen molar-refractivity contribution in [3.63, 3.8) is 0 Å². The van der Waals surface area contributed by atoms with Gasteiger partial charge in [-0.3, -0.25) is 19.4 Å². The molecule has 1 unspecified atom stereocenters. The maximum Gasteiger partial charge on any atom is 0.340 e. The molecular weight excluding hydrogens is 365 g/mol. The third-order valence-corrected chi connectivity index (χ3v) is 5.21. The van der Waals surface area contributed by atoms with E-state index in [-0.39, 0.29) is 18.5 Å². The highest BCUT2D eigenvalue weighted by molar-refractivity contribution is 6.03. The zero-order valence-corrected chi connectivity index (χ0v) is 15.3. The number of fused-ring (bicyclic) bond motifs is 1. The topological polar surface area (TPSA) is 85.0 Å². The summed E-state index contributed by atoms with van der Waals surface area (Å²) in [6, 6.07) is 5.31. The van der Waals surface area contributed by atoms with Crippen LogP contribution < -0.4 is 15.6 Å². The van der Waals surface area contributed by atoms with Gasteiger partial charge in [0.25, 0.3) is 5.91 Å². The van der Waals surface area contributed by atoms with Crippen molar-refractivity contribution in [2.75, 3.05) is 11.4 Å². The minimum Gasteiger partial charge on any atom is -0.352 e. The van der Waals surface area contributed by atoms with Crippen LogP contribution in [0.1, 0.15) is 32.1 Å². The summed E-state index contributed by atoms with van der Waals surface area (Å²) in [6.07, 6.45) is 7.17. The van der Waals surface area contributed by atoms with Gasteiger partial charge in [-0.25, -0.2) is 14.2 Å². The van der Waals surface area contributed by atoms with Crippen molar-refractivity contribution >= 4 is 23.5 Å². The highest BCUT2D eigenvalue weighted by Gasteiger charge is 2.44. The summed E-state index contributed by atoms with van der Waals surface area (Å²) in [5.41, 5.74) is 3.15. The Morgan fingerprint density at radius 3 is 2.71 bits per heavy atom. The van der Waals surface area contributed by atoms with E-state index in [2.05, 4.69) is 10.7 Å². The number of halogens is 1. The lowest BCUT2D eigenvalue weighted by Crippen LogP contribution is -2.52. The Labute approximate surface area is 161 Å². The van der Waals surface area contributed by atoms with Gasteiger partial charge in [0.15, 0.2) is 6.17 Å². The van der Waals surface area contributed by atoms with Crippen molar-refractivity contribution in [2.45, 2.75) is 44.3 Å². The van der Waals surface area contributed by atoms with Crippen LogP contribution in [-0.4, -0.2) is 46.5 Å². The summed E-state index contributed by atoms with van der Waals surface area (Å²) >= 11 is 0. The summed E-state index contributed by atoms with van der Waals surface area (Å²) in [4.78, 5) is 40.1. The van der Waals surface area contributed by atoms with E-state index in [4.69, 9.17) is 0 Å². The first-order valence-electron chi connectivity index (χ1n) is 9.45. The highest BCUT2D eigenvalue weighted by atomic mass is 19.1. The van der Waals surface area contributed by atoms with Crippen LogP contribution in [0.4, 0.5) is 14.9 Å². The summed E-state index contributed by atoms with van der Waals surface area (Å²) in [5, 5.41) is 4.09. The van der Waals surface area contributed by atoms with Crippen molar-refractivity contribution in [3.8, 4) is 0 Å². The Morgan fingerprint density at radius 1 is 1.18 bits per heavy atom. The lowest BCUT2D eigenvalue weighted by molar-refractivity contribution is -0.125. The molecule has 4 amide bonds. The molecule has 1 saturated carbocycles. The maximum atomic E-state index is 13.5. The van der Waals surface area contributed by atoms with Gasteiger partial charge in [-0.1, -0.05) is 25.3 Å². The van der Waals surface area contributed by atoms with Crippen LogP contribution in [0.2, 0.25) is 0 Å². The number of benzene rings is 1. The van der Waals surface area contributed by atoms with Crippen LogP contribution in [0, 0.1) is 5.82 Å². The molecule has 9 heteroatoms. The third-order valence-electron chi connectivity index (χ3n) is 5.21. The first-order valence-corrected chi connectivity index (χ1v) is 9.45. The van der Waals surface area contributed by atoms with E-state index in [0.29, 0.717) is 5.69 Å². The number of carbonyl (C=O) groups is 3. The number of hydrazine groups is 1. The Balaban J connectivity index is 1.41. The molecule has 28 heavy (non-hydrogen) atoms. The van der Waals surface area contributed by atoms with Crippen LogP contribution in [0.5, 0.6) is 0 Å². The van der Waals surface area contributed by atoms with Gasteiger partial charge in [0.1, 0.15) is 12.4 Å². The number of carbonyl (C=O) groups excluding carboxylic acids is 3. The minimum atomic E-state index is -0.969. The smallest absolute Gasteiger partial charge is 0.340 e. The van der Waals surface area contributed by atoms with Gasteiger partial charge in [-0.05, 0) is 31.0 Å². The van der Waals surface area contributed by atoms with Gasteiger partial charge in [0.05, 0.1) is 5.69 Å². The van der Waals surface area contributed by atoms with Crippen LogP contribution in [0.25, 0.3) is 0 Å². The predicted molar refractivity (Wildman–Crippen MR) is 98.9 cm³/mol. The monoisotopic (exact) mass is 387 g/mol. The van der Waals surface area contributed by atoms with Crippen LogP contribution in [-0.2, 0) is 9.59 Å². The largest absolute Gasteiger partial charge is 0.352 e. The molecule has 1 aliphatic carbocycles. The van der Waals surface area contributed by atoms with Crippen molar-refractivity contribution in [2.24, 2.45) is 0 Å². The molecule has 3 aliphatic rings. The average molecular weight is 387 g/mol. The SMILES string of the molecule is O=C(CN1NC2C(=O)N(c3cccc(F)c3)C=CN2C1=O)NC1CCCCC1. The molecule has 1 atom stereocenters. The number of hydrogen-bond acceptors (Lipinski definition) is 4. The standard InChI is InChI=1S/C19H22FN5O3/c20-13-5-4-8-15(11-13)23-9-10-24-17(18(23)27)22-25(19(24)28)12-16(26)21-14-6-2-1-3-7-14/h4-5,8-11,14,17,22H,1-3,6-7,12H2,(H,21,26). The molecule has 0 radical (unpaired) electrons. The quantitative estimate of drug-likeness (QED) is 0.823. The molecule has 0 spiro atoms. The van der Waals surface area contributed by atoms with E-state index in [9.17, 15) is 18.8 Å². The van der Waals surface area contributed by atoms with E-state index in [1.807, 2.05) is 0 Å². The van der Waals surface area contributed by atoms with Gasteiger partial charge in [0.2, 0.25) is 5.91 Å². The highest BCUT2D eigenvalue weighted by Crippen LogP contribution is 2.24. The Bertz CT molecular complexity index is 824. The number of nitrogens with one attached hydrogen (secondary N) is 2. The molecule has 0 bridgehead atoms. The average Bonchev–Trinajstić information content (AvgIpc) is 2.99. The van der Waals surface area contributed by atoms with Crippen molar-refractivity contribution in [1.82, 2.24) is 20.7 Å².